The lowest BCUT2D eigenvalue weighted by Crippen LogP contribution is -2.15. The summed E-state index contributed by atoms with van der Waals surface area (Å²) in [6.45, 7) is 0. The highest BCUT2D eigenvalue weighted by Gasteiger charge is 2.19. The molecule has 1 heterocycles. The van der Waals surface area contributed by atoms with Gasteiger partial charge in [0, 0.05) is 11.8 Å². The Labute approximate surface area is 95.4 Å². The van der Waals surface area contributed by atoms with Gasteiger partial charge in [-0.05, 0) is 0 Å². The van der Waals surface area contributed by atoms with Crippen LogP contribution in [0.1, 0.15) is 17.8 Å². The Kier molecular flexibility index (Phi) is 4.19. The summed E-state index contributed by atoms with van der Waals surface area (Å²) in [6.07, 6.45) is -3.18. The van der Waals surface area contributed by atoms with Crippen molar-refractivity contribution in [1.29, 1.82) is 0 Å². The molecule has 7 heteroatoms. The number of hydrogen-bond acceptors (Lipinski definition) is 4. The molecule has 0 amide bonds. The molecule has 0 saturated heterocycles. The topological polar surface area (TPSA) is 68.4 Å². The molecule has 17 heavy (non-hydrogen) atoms. The number of nitrogens with one attached hydrogen (secondary N) is 1. The summed E-state index contributed by atoms with van der Waals surface area (Å²) in [7, 11) is 2.29. The normalized spacial score (nSPS) is 10.4. The van der Waals surface area contributed by atoms with E-state index in [9.17, 15) is 18.4 Å². The monoisotopic (exact) mass is 247 g/mol. The molecule has 1 rings (SSSR count). The highest BCUT2D eigenvalue weighted by molar-refractivity contribution is 5.71. The quantitative estimate of drug-likeness (QED) is 0.807. The minimum absolute atomic E-state index is 0.0537. The van der Waals surface area contributed by atoms with E-state index < -0.39 is 29.3 Å². The Morgan fingerprint density at radius 1 is 1.47 bits per heavy atom. The molecule has 0 aliphatic rings. The fourth-order valence-electron chi connectivity index (χ4n) is 1.31. The molecular formula is C10H11F2NO4. The molecule has 1 aromatic heterocycles. The van der Waals surface area contributed by atoms with Crippen LogP contribution in [0.5, 0.6) is 5.75 Å². The molecule has 0 bridgehead atoms. The standard InChI is InChI=1S/C10H11F2NO4/c1-16-7(15)4-5-3-6(14)9(17-2)8(13-5)10(11)12/h3,10H,4H2,1-2H3,(H,13,14). The summed E-state index contributed by atoms with van der Waals surface area (Å²) in [4.78, 5) is 24.7. The molecular weight excluding hydrogens is 236 g/mol. The van der Waals surface area contributed by atoms with Crippen molar-refractivity contribution in [2.75, 3.05) is 14.2 Å². The fraction of sp³-hybridized carbons (Fsp3) is 0.400. The predicted molar refractivity (Wildman–Crippen MR) is 54.3 cm³/mol. The first kappa shape index (κ1) is 13.1. The maximum atomic E-state index is 12.6. The van der Waals surface area contributed by atoms with Crippen LogP contribution < -0.4 is 10.2 Å². The average molecular weight is 247 g/mol. The molecule has 0 aromatic carbocycles. The highest BCUT2D eigenvalue weighted by Crippen LogP contribution is 2.23. The third kappa shape index (κ3) is 3.02. The Hall–Kier alpha value is -1.92. The van der Waals surface area contributed by atoms with Gasteiger partial charge in [0.15, 0.2) is 5.75 Å². The van der Waals surface area contributed by atoms with Gasteiger partial charge in [0.2, 0.25) is 5.43 Å². The van der Waals surface area contributed by atoms with Crippen LogP contribution >= 0.6 is 0 Å². The number of hydrogen-bond donors (Lipinski definition) is 1. The maximum Gasteiger partial charge on any atom is 0.311 e. The zero-order chi connectivity index (χ0) is 13.0. The van der Waals surface area contributed by atoms with Crippen LogP contribution in [0.2, 0.25) is 0 Å². The van der Waals surface area contributed by atoms with Gasteiger partial charge in [-0.15, -0.1) is 0 Å². The molecule has 0 radical (unpaired) electrons. The van der Waals surface area contributed by atoms with Crippen LogP contribution in [0.15, 0.2) is 10.9 Å². The van der Waals surface area contributed by atoms with Crippen molar-refractivity contribution in [3.05, 3.63) is 27.7 Å². The number of methoxy groups -OCH3 is 2. The summed E-state index contributed by atoms with van der Waals surface area (Å²) in [5.41, 5.74) is -1.29. The number of halogens is 2. The van der Waals surface area contributed by atoms with Gasteiger partial charge in [-0.25, -0.2) is 8.78 Å². The number of carbonyl (C=O) groups is 1. The van der Waals surface area contributed by atoms with Crippen LogP contribution in [0.3, 0.4) is 0 Å². The van der Waals surface area contributed by atoms with E-state index >= 15 is 0 Å². The van der Waals surface area contributed by atoms with Crippen LogP contribution in [0.25, 0.3) is 0 Å². The van der Waals surface area contributed by atoms with E-state index in [4.69, 9.17) is 0 Å². The van der Waals surface area contributed by atoms with E-state index in [0.717, 1.165) is 20.3 Å². The van der Waals surface area contributed by atoms with E-state index in [1.165, 1.54) is 0 Å². The van der Waals surface area contributed by atoms with Gasteiger partial charge in [-0.2, -0.15) is 0 Å². The number of carbonyl (C=O) groups excluding carboxylic acids is 1. The van der Waals surface area contributed by atoms with Crippen molar-refractivity contribution in [2.45, 2.75) is 12.8 Å². The first-order valence-corrected chi connectivity index (χ1v) is 4.64. The van der Waals surface area contributed by atoms with Crippen LogP contribution in [-0.2, 0) is 16.0 Å². The Morgan fingerprint density at radius 3 is 2.59 bits per heavy atom. The molecule has 94 valence electrons. The van der Waals surface area contributed by atoms with Crippen molar-refractivity contribution in [1.82, 2.24) is 4.98 Å². The van der Waals surface area contributed by atoms with Gasteiger partial charge in [0.05, 0.1) is 20.6 Å². The van der Waals surface area contributed by atoms with E-state index in [1.54, 1.807) is 0 Å². The first-order chi connectivity index (χ1) is 7.99. The van der Waals surface area contributed by atoms with Gasteiger partial charge in [0.25, 0.3) is 6.43 Å². The highest BCUT2D eigenvalue weighted by atomic mass is 19.3. The number of alkyl halides is 2. The third-order valence-corrected chi connectivity index (χ3v) is 2.05. The summed E-state index contributed by atoms with van der Waals surface area (Å²) < 4.78 is 34.2. The molecule has 0 fully saturated rings. The molecule has 0 spiro atoms. The fourth-order valence-corrected chi connectivity index (χ4v) is 1.31. The van der Waals surface area contributed by atoms with E-state index in [2.05, 4.69) is 14.5 Å². The lowest BCUT2D eigenvalue weighted by atomic mass is 10.2. The van der Waals surface area contributed by atoms with Gasteiger partial charge in [0.1, 0.15) is 5.69 Å². The molecule has 5 nitrogen and oxygen atoms in total. The van der Waals surface area contributed by atoms with Gasteiger partial charge >= 0.3 is 5.97 Å². The van der Waals surface area contributed by atoms with Crippen molar-refractivity contribution < 1.29 is 23.0 Å². The number of aromatic amines is 1. The summed E-state index contributed by atoms with van der Waals surface area (Å²) in [5, 5.41) is 0. The lowest BCUT2D eigenvalue weighted by molar-refractivity contribution is -0.139. The zero-order valence-electron chi connectivity index (χ0n) is 9.25. The van der Waals surface area contributed by atoms with Gasteiger partial charge < -0.3 is 14.5 Å². The molecule has 0 aliphatic heterocycles. The van der Waals surface area contributed by atoms with Gasteiger partial charge in [-0.3, -0.25) is 9.59 Å². The molecule has 1 N–H and O–H groups in total. The summed E-state index contributed by atoms with van der Waals surface area (Å²) >= 11 is 0. The van der Waals surface area contributed by atoms with Crippen molar-refractivity contribution >= 4 is 5.97 Å². The molecule has 0 unspecified atom stereocenters. The minimum atomic E-state index is -2.89. The minimum Gasteiger partial charge on any atom is -0.491 e. The van der Waals surface area contributed by atoms with Crippen LogP contribution in [-0.4, -0.2) is 25.2 Å². The van der Waals surface area contributed by atoms with E-state index in [1.807, 2.05) is 0 Å². The molecule has 0 atom stereocenters. The van der Waals surface area contributed by atoms with E-state index in [-0.39, 0.29) is 12.1 Å². The SMILES string of the molecule is COC(=O)Cc1cc(=O)c(OC)c(C(F)F)[nH]1. The third-order valence-electron chi connectivity index (χ3n) is 2.05. The largest absolute Gasteiger partial charge is 0.491 e. The number of esters is 1. The Morgan fingerprint density at radius 2 is 2.12 bits per heavy atom. The van der Waals surface area contributed by atoms with Crippen molar-refractivity contribution in [2.24, 2.45) is 0 Å². The Balaban J connectivity index is 3.20. The summed E-state index contributed by atoms with van der Waals surface area (Å²) in [6, 6.07) is 1.03. The van der Waals surface area contributed by atoms with Crippen LogP contribution in [0.4, 0.5) is 8.78 Å². The maximum absolute atomic E-state index is 12.6. The number of H-pyrrole nitrogens is 1. The molecule has 0 saturated carbocycles. The number of ether oxygens (including phenoxy) is 2. The first-order valence-electron chi connectivity index (χ1n) is 4.64. The zero-order valence-corrected chi connectivity index (χ0v) is 9.25. The second kappa shape index (κ2) is 5.42. The summed E-state index contributed by atoms with van der Waals surface area (Å²) in [5.74, 6) is -1.08. The molecule has 0 aliphatic carbocycles. The number of aromatic nitrogens is 1. The predicted octanol–water partition coefficient (Wildman–Crippen LogP) is 1.04. The lowest BCUT2D eigenvalue weighted by Gasteiger charge is -2.09. The van der Waals surface area contributed by atoms with Gasteiger partial charge in [-0.1, -0.05) is 0 Å². The van der Waals surface area contributed by atoms with E-state index in [0.29, 0.717) is 0 Å². The second-order valence-corrected chi connectivity index (χ2v) is 3.16. The van der Waals surface area contributed by atoms with Crippen LogP contribution in [0, 0.1) is 0 Å². The number of pyridine rings is 1. The van der Waals surface area contributed by atoms with Crippen molar-refractivity contribution in [3.8, 4) is 5.75 Å². The Bertz CT molecular complexity index is 470. The molecule has 1 aromatic rings. The second-order valence-electron chi connectivity index (χ2n) is 3.16. The average Bonchev–Trinajstić information content (AvgIpc) is 2.28. The van der Waals surface area contributed by atoms with Crippen molar-refractivity contribution in [3.63, 3.8) is 0 Å². The smallest absolute Gasteiger partial charge is 0.311 e. The number of rotatable bonds is 4.